The zero-order chi connectivity index (χ0) is 14.7. The Balaban J connectivity index is 2.20. The Morgan fingerprint density at radius 1 is 1.25 bits per heavy atom. The molecule has 0 fully saturated rings. The normalized spacial score (nSPS) is 10.2. The van der Waals surface area contributed by atoms with Crippen LogP contribution in [0.5, 0.6) is 0 Å². The number of halogens is 1. The van der Waals surface area contributed by atoms with E-state index in [1.807, 2.05) is 44.1 Å². The van der Waals surface area contributed by atoms with Crippen LogP contribution in [0.15, 0.2) is 41.1 Å². The number of amides is 1. The molecule has 0 saturated heterocycles. The van der Waals surface area contributed by atoms with E-state index in [-0.39, 0.29) is 5.91 Å². The van der Waals surface area contributed by atoms with Gasteiger partial charge in [0.05, 0.1) is 0 Å². The van der Waals surface area contributed by atoms with Gasteiger partial charge in [-0.15, -0.1) is 0 Å². The van der Waals surface area contributed by atoms with Crippen molar-refractivity contribution in [2.24, 2.45) is 0 Å². The van der Waals surface area contributed by atoms with Crippen molar-refractivity contribution in [1.82, 2.24) is 4.98 Å². The lowest BCUT2D eigenvalue weighted by Crippen LogP contribution is -2.14. The Morgan fingerprint density at radius 2 is 2.00 bits per heavy atom. The van der Waals surface area contributed by atoms with Gasteiger partial charge in [-0.25, -0.2) is 4.98 Å². The van der Waals surface area contributed by atoms with Crippen LogP contribution in [0.4, 0.5) is 11.4 Å². The van der Waals surface area contributed by atoms with Crippen molar-refractivity contribution in [1.29, 1.82) is 0 Å². The van der Waals surface area contributed by atoms with Gasteiger partial charge in [0, 0.05) is 37.2 Å². The molecule has 0 aliphatic heterocycles. The lowest BCUT2D eigenvalue weighted by atomic mass is 10.1. The zero-order valence-electron chi connectivity index (χ0n) is 11.6. The second-order valence-corrected chi connectivity index (χ2v) is 5.53. The first-order chi connectivity index (χ1) is 9.47. The van der Waals surface area contributed by atoms with Crippen molar-refractivity contribution >= 4 is 33.2 Å². The van der Waals surface area contributed by atoms with E-state index in [4.69, 9.17) is 0 Å². The van der Waals surface area contributed by atoms with E-state index in [0.29, 0.717) is 10.2 Å². The lowest BCUT2D eigenvalue weighted by molar-refractivity contribution is 0.102. The van der Waals surface area contributed by atoms with Gasteiger partial charge in [-0.1, -0.05) is 0 Å². The number of aryl methyl sites for hydroxylation is 1. The molecule has 1 aromatic heterocycles. The molecule has 1 amide bonds. The summed E-state index contributed by atoms with van der Waals surface area (Å²) in [5, 5.41) is 2.91. The number of aromatic nitrogens is 1. The molecular formula is C15H16BrN3O. The molecule has 0 aliphatic carbocycles. The number of anilines is 2. The molecule has 0 spiro atoms. The molecule has 4 nitrogen and oxygen atoms in total. The molecule has 5 heteroatoms. The standard InChI is InChI=1S/C15H16BrN3O/c1-10-8-12(19(2)3)4-5-13(10)18-15(20)11-6-7-17-14(16)9-11/h4-9H,1-3H3,(H,18,20). The summed E-state index contributed by atoms with van der Waals surface area (Å²) in [4.78, 5) is 18.2. The summed E-state index contributed by atoms with van der Waals surface area (Å²) in [5.41, 5.74) is 3.52. The van der Waals surface area contributed by atoms with Gasteiger partial charge in [-0.05, 0) is 58.7 Å². The fourth-order valence-electron chi connectivity index (χ4n) is 1.80. The monoisotopic (exact) mass is 333 g/mol. The second-order valence-electron chi connectivity index (χ2n) is 4.72. The number of carbonyl (C=O) groups excluding carboxylic acids is 1. The van der Waals surface area contributed by atoms with Crippen molar-refractivity contribution in [2.45, 2.75) is 6.92 Å². The molecule has 104 valence electrons. The summed E-state index contributed by atoms with van der Waals surface area (Å²) in [5.74, 6) is -0.145. The lowest BCUT2D eigenvalue weighted by Gasteiger charge is -2.15. The molecule has 0 atom stereocenters. The van der Waals surface area contributed by atoms with Crippen LogP contribution in [0.25, 0.3) is 0 Å². The largest absolute Gasteiger partial charge is 0.378 e. The molecule has 1 heterocycles. The molecule has 2 rings (SSSR count). The highest BCUT2D eigenvalue weighted by Crippen LogP contribution is 2.22. The number of carbonyl (C=O) groups is 1. The SMILES string of the molecule is Cc1cc(N(C)C)ccc1NC(=O)c1ccnc(Br)c1. The quantitative estimate of drug-likeness (QED) is 0.874. The number of hydrogen-bond donors (Lipinski definition) is 1. The molecular weight excluding hydrogens is 318 g/mol. The Hall–Kier alpha value is -1.88. The fourth-order valence-corrected chi connectivity index (χ4v) is 2.17. The molecule has 0 unspecified atom stereocenters. The van der Waals surface area contributed by atoms with Gasteiger partial charge in [-0.2, -0.15) is 0 Å². The molecule has 2 aromatic rings. The van der Waals surface area contributed by atoms with Gasteiger partial charge in [0.2, 0.25) is 0 Å². The van der Waals surface area contributed by atoms with Crippen molar-refractivity contribution in [2.75, 3.05) is 24.3 Å². The maximum absolute atomic E-state index is 12.2. The zero-order valence-corrected chi connectivity index (χ0v) is 13.2. The molecule has 20 heavy (non-hydrogen) atoms. The molecule has 0 radical (unpaired) electrons. The number of pyridine rings is 1. The molecule has 0 bridgehead atoms. The fraction of sp³-hybridized carbons (Fsp3) is 0.200. The third-order valence-corrected chi connectivity index (χ3v) is 3.40. The van der Waals surface area contributed by atoms with Crippen LogP contribution in [0.1, 0.15) is 15.9 Å². The van der Waals surface area contributed by atoms with Crippen LogP contribution in [-0.2, 0) is 0 Å². The van der Waals surface area contributed by atoms with Gasteiger partial charge in [0.1, 0.15) is 4.60 Å². The molecule has 1 aromatic carbocycles. The van der Waals surface area contributed by atoms with Crippen LogP contribution < -0.4 is 10.2 Å². The highest BCUT2D eigenvalue weighted by atomic mass is 79.9. The average molecular weight is 334 g/mol. The van der Waals surface area contributed by atoms with Crippen molar-refractivity contribution in [3.05, 3.63) is 52.3 Å². The first kappa shape index (κ1) is 14.5. The van der Waals surface area contributed by atoms with Crippen molar-refractivity contribution in [3.63, 3.8) is 0 Å². The van der Waals surface area contributed by atoms with Crippen LogP contribution in [0.3, 0.4) is 0 Å². The number of rotatable bonds is 3. The Labute approximate surface area is 127 Å². The minimum absolute atomic E-state index is 0.145. The minimum Gasteiger partial charge on any atom is -0.378 e. The van der Waals surface area contributed by atoms with Crippen LogP contribution >= 0.6 is 15.9 Å². The molecule has 0 aliphatic rings. The van der Waals surface area contributed by atoms with Crippen LogP contribution in [0, 0.1) is 6.92 Å². The van der Waals surface area contributed by atoms with Crippen molar-refractivity contribution in [3.8, 4) is 0 Å². The van der Waals surface area contributed by atoms with Gasteiger partial charge >= 0.3 is 0 Å². The number of benzene rings is 1. The summed E-state index contributed by atoms with van der Waals surface area (Å²) < 4.78 is 0.643. The second kappa shape index (κ2) is 6.05. The summed E-state index contributed by atoms with van der Waals surface area (Å²) in [7, 11) is 3.98. The third-order valence-electron chi connectivity index (χ3n) is 2.96. The van der Waals surface area contributed by atoms with Crippen LogP contribution in [-0.4, -0.2) is 25.0 Å². The predicted octanol–water partition coefficient (Wildman–Crippen LogP) is 3.47. The summed E-state index contributed by atoms with van der Waals surface area (Å²) >= 11 is 3.26. The van der Waals surface area contributed by atoms with E-state index in [1.54, 1.807) is 18.3 Å². The maximum Gasteiger partial charge on any atom is 0.255 e. The smallest absolute Gasteiger partial charge is 0.255 e. The summed E-state index contributed by atoms with van der Waals surface area (Å²) in [6.45, 7) is 1.98. The predicted molar refractivity (Wildman–Crippen MR) is 85.4 cm³/mol. The van der Waals surface area contributed by atoms with E-state index < -0.39 is 0 Å². The van der Waals surface area contributed by atoms with E-state index in [0.717, 1.165) is 16.9 Å². The highest BCUT2D eigenvalue weighted by Gasteiger charge is 2.09. The van der Waals surface area contributed by atoms with Gasteiger partial charge in [-0.3, -0.25) is 4.79 Å². The van der Waals surface area contributed by atoms with E-state index >= 15 is 0 Å². The number of nitrogens with one attached hydrogen (secondary N) is 1. The molecule has 0 saturated carbocycles. The average Bonchev–Trinajstić information content (AvgIpc) is 2.40. The van der Waals surface area contributed by atoms with E-state index in [9.17, 15) is 4.79 Å². The van der Waals surface area contributed by atoms with E-state index in [2.05, 4.69) is 26.2 Å². The first-order valence-electron chi connectivity index (χ1n) is 6.18. The maximum atomic E-state index is 12.2. The summed E-state index contributed by atoms with van der Waals surface area (Å²) in [6.07, 6.45) is 1.60. The number of nitrogens with zero attached hydrogens (tertiary/aromatic N) is 2. The minimum atomic E-state index is -0.145. The molecule has 1 N–H and O–H groups in total. The topological polar surface area (TPSA) is 45.2 Å². The first-order valence-corrected chi connectivity index (χ1v) is 6.97. The number of hydrogen-bond acceptors (Lipinski definition) is 3. The van der Waals surface area contributed by atoms with E-state index in [1.165, 1.54) is 0 Å². The Bertz CT molecular complexity index is 641. The van der Waals surface area contributed by atoms with Gasteiger partial charge in [0.15, 0.2) is 0 Å². The highest BCUT2D eigenvalue weighted by molar-refractivity contribution is 9.10. The summed E-state index contributed by atoms with van der Waals surface area (Å²) in [6, 6.07) is 9.31. The van der Waals surface area contributed by atoms with Gasteiger partial charge in [0.25, 0.3) is 5.91 Å². The Morgan fingerprint density at radius 3 is 2.60 bits per heavy atom. The van der Waals surface area contributed by atoms with Crippen LogP contribution in [0.2, 0.25) is 0 Å². The Kier molecular flexibility index (Phi) is 4.39. The van der Waals surface area contributed by atoms with Gasteiger partial charge < -0.3 is 10.2 Å². The third kappa shape index (κ3) is 3.36. The van der Waals surface area contributed by atoms with Crippen molar-refractivity contribution < 1.29 is 4.79 Å².